The van der Waals surface area contributed by atoms with Crippen LogP contribution < -0.4 is 9.80 Å². The highest BCUT2D eigenvalue weighted by Gasteiger charge is 2.27. The van der Waals surface area contributed by atoms with Gasteiger partial charge in [-0.25, -0.2) is 9.37 Å². The van der Waals surface area contributed by atoms with Crippen LogP contribution in [0.3, 0.4) is 0 Å². The number of aromatic nitrogens is 1. The van der Waals surface area contributed by atoms with E-state index in [1.807, 2.05) is 31.0 Å². The fourth-order valence-electron chi connectivity index (χ4n) is 2.53. The number of hydrogen-bond donors (Lipinski definition) is 0. The molecule has 1 aliphatic rings. The Labute approximate surface area is 122 Å². The SMILES string of the molecule is Cc1cccc(C(=O)N2CCN(C)c3cc(F)ccc32)n1. The molecule has 0 aliphatic carbocycles. The molecule has 0 atom stereocenters. The van der Waals surface area contributed by atoms with Gasteiger partial charge in [-0.1, -0.05) is 6.07 Å². The number of pyridine rings is 1. The lowest BCUT2D eigenvalue weighted by Crippen LogP contribution is -2.43. The first-order chi connectivity index (χ1) is 10.1. The minimum atomic E-state index is -0.302. The number of anilines is 2. The molecule has 1 aromatic heterocycles. The average Bonchev–Trinajstić information content (AvgIpc) is 2.47. The van der Waals surface area contributed by atoms with Gasteiger partial charge in [-0.05, 0) is 37.3 Å². The monoisotopic (exact) mass is 285 g/mol. The first kappa shape index (κ1) is 13.5. The molecular weight excluding hydrogens is 269 g/mol. The van der Waals surface area contributed by atoms with Crippen LogP contribution in [-0.4, -0.2) is 31.0 Å². The molecule has 0 N–H and O–H groups in total. The van der Waals surface area contributed by atoms with Crippen molar-refractivity contribution < 1.29 is 9.18 Å². The Morgan fingerprint density at radius 2 is 2.00 bits per heavy atom. The number of carbonyl (C=O) groups is 1. The van der Waals surface area contributed by atoms with Gasteiger partial charge in [-0.3, -0.25) is 4.79 Å². The lowest BCUT2D eigenvalue weighted by molar-refractivity contribution is 0.0981. The van der Waals surface area contributed by atoms with Crippen LogP contribution in [0.25, 0.3) is 0 Å². The van der Waals surface area contributed by atoms with Gasteiger partial charge < -0.3 is 9.80 Å². The molecule has 1 aromatic carbocycles. The molecule has 0 unspecified atom stereocenters. The van der Waals surface area contributed by atoms with Gasteiger partial charge >= 0.3 is 0 Å². The third-order valence-electron chi connectivity index (χ3n) is 3.65. The van der Waals surface area contributed by atoms with Crippen LogP contribution in [0.15, 0.2) is 36.4 Å². The fourth-order valence-corrected chi connectivity index (χ4v) is 2.53. The first-order valence-corrected chi connectivity index (χ1v) is 6.82. The standard InChI is InChI=1S/C16H16FN3O/c1-11-4-3-5-13(18-11)16(21)20-9-8-19(2)15-10-12(17)6-7-14(15)20/h3-7,10H,8-9H2,1-2H3. The zero-order valence-corrected chi connectivity index (χ0v) is 12.0. The number of benzene rings is 1. The van der Waals surface area contributed by atoms with Gasteiger partial charge in [-0.15, -0.1) is 0 Å². The third kappa shape index (κ3) is 2.46. The molecule has 0 spiro atoms. The van der Waals surface area contributed by atoms with Gasteiger partial charge in [0.1, 0.15) is 11.5 Å². The number of aryl methyl sites for hydroxylation is 1. The summed E-state index contributed by atoms with van der Waals surface area (Å²) in [5, 5.41) is 0. The van der Waals surface area contributed by atoms with Gasteiger partial charge in [0.25, 0.3) is 5.91 Å². The van der Waals surface area contributed by atoms with E-state index in [9.17, 15) is 9.18 Å². The Morgan fingerprint density at radius 3 is 2.76 bits per heavy atom. The summed E-state index contributed by atoms with van der Waals surface area (Å²) in [6, 6.07) is 9.85. The second kappa shape index (κ2) is 5.16. The molecule has 0 bridgehead atoms. The Balaban J connectivity index is 2.01. The lowest BCUT2D eigenvalue weighted by Gasteiger charge is -2.35. The van der Waals surface area contributed by atoms with Crippen molar-refractivity contribution in [3.8, 4) is 0 Å². The largest absolute Gasteiger partial charge is 0.371 e. The quantitative estimate of drug-likeness (QED) is 0.808. The van der Waals surface area contributed by atoms with E-state index >= 15 is 0 Å². The molecule has 0 saturated carbocycles. The molecule has 2 aromatic rings. The number of fused-ring (bicyclic) bond motifs is 1. The topological polar surface area (TPSA) is 36.4 Å². The molecule has 0 saturated heterocycles. The zero-order valence-electron chi connectivity index (χ0n) is 12.0. The van der Waals surface area contributed by atoms with E-state index in [2.05, 4.69) is 4.98 Å². The van der Waals surface area contributed by atoms with Gasteiger partial charge in [-0.2, -0.15) is 0 Å². The molecule has 3 rings (SSSR count). The van der Waals surface area contributed by atoms with E-state index < -0.39 is 0 Å². The number of carbonyl (C=O) groups excluding carboxylic acids is 1. The minimum Gasteiger partial charge on any atom is -0.371 e. The second-order valence-corrected chi connectivity index (χ2v) is 5.18. The molecule has 0 radical (unpaired) electrons. The van der Waals surface area contributed by atoms with Crippen LogP contribution >= 0.6 is 0 Å². The molecule has 1 amide bonds. The molecular formula is C16H16FN3O. The van der Waals surface area contributed by atoms with Crippen LogP contribution in [0.4, 0.5) is 15.8 Å². The molecule has 21 heavy (non-hydrogen) atoms. The van der Waals surface area contributed by atoms with E-state index in [1.54, 1.807) is 17.0 Å². The van der Waals surface area contributed by atoms with E-state index in [4.69, 9.17) is 0 Å². The summed E-state index contributed by atoms with van der Waals surface area (Å²) in [5.41, 5.74) is 2.66. The molecule has 108 valence electrons. The summed E-state index contributed by atoms with van der Waals surface area (Å²) in [6.45, 7) is 3.07. The predicted molar refractivity (Wildman–Crippen MR) is 80.3 cm³/mol. The highest BCUT2D eigenvalue weighted by atomic mass is 19.1. The van der Waals surface area contributed by atoms with Crippen molar-refractivity contribution in [1.29, 1.82) is 0 Å². The summed E-state index contributed by atoms with van der Waals surface area (Å²) in [7, 11) is 1.89. The maximum atomic E-state index is 13.4. The average molecular weight is 285 g/mol. The van der Waals surface area contributed by atoms with Gasteiger partial charge in [0, 0.05) is 25.8 Å². The normalized spacial score (nSPS) is 14.0. The predicted octanol–water partition coefficient (Wildman–Crippen LogP) is 2.63. The maximum Gasteiger partial charge on any atom is 0.276 e. The van der Waals surface area contributed by atoms with Crippen molar-refractivity contribution in [2.24, 2.45) is 0 Å². The number of hydrogen-bond acceptors (Lipinski definition) is 3. The smallest absolute Gasteiger partial charge is 0.276 e. The highest BCUT2D eigenvalue weighted by Crippen LogP contribution is 2.33. The van der Waals surface area contributed by atoms with E-state index in [0.29, 0.717) is 18.8 Å². The van der Waals surface area contributed by atoms with Gasteiger partial charge in [0.2, 0.25) is 0 Å². The number of nitrogens with zero attached hydrogens (tertiary/aromatic N) is 3. The van der Waals surface area contributed by atoms with Crippen LogP contribution in [0, 0.1) is 12.7 Å². The van der Waals surface area contributed by atoms with Crippen molar-refractivity contribution in [3.05, 3.63) is 53.6 Å². The van der Waals surface area contributed by atoms with E-state index in [-0.39, 0.29) is 11.7 Å². The summed E-state index contributed by atoms with van der Waals surface area (Å²) < 4.78 is 13.4. The van der Waals surface area contributed by atoms with Crippen LogP contribution in [0.1, 0.15) is 16.2 Å². The summed E-state index contributed by atoms with van der Waals surface area (Å²) in [6.07, 6.45) is 0. The minimum absolute atomic E-state index is 0.153. The van der Waals surface area contributed by atoms with Crippen LogP contribution in [0.2, 0.25) is 0 Å². The van der Waals surface area contributed by atoms with Crippen LogP contribution in [0.5, 0.6) is 0 Å². The number of amides is 1. The first-order valence-electron chi connectivity index (χ1n) is 6.82. The van der Waals surface area contributed by atoms with Crippen molar-refractivity contribution >= 4 is 17.3 Å². The summed E-state index contributed by atoms with van der Waals surface area (Å²) >= 11 is 0. The summed E-state index contributed by atoms with van der Waals surface area (Å²) in [5.74, 6) is -0.455. The molecule has 5 heteroatoms. The van der Waals surface area contributed by atoms with E-state index in [0.717, 1.165) is 17.1 Å². The number of likely N-dealkylation sites (N-methyl/N-ethyl adjacent to an activating group) is 1. The molecule has 2 heterocycles. The summed E-state index contributed by atoms with van der Waals surface area (Å²) in [4.78, 5) is 20.5. The van der Waals surface area contributed by atoms with Crippen molar-refractivity contribution in [1.82, 2.24) is 4.98 Å². The number of rotatable bonds is 1. The van der Waals surface area contributed by atoms with Gasteiger partial charge in [0.05, 0.1) is 11.4 Å². The van der Waals surface area contributed by atoms with Crippen molar-refractivity contribution in [2.45, 2.75) is 6.92 Å². The number of halogens is 1. The lowest BCUT2D eigenvalue weighted by atomic mass is 10.1. The third-order valence-corrected chi connectivity index (χ3v) is 3.65. The Bertz CT molecular complexity index is 702. The Kier molecular flexibility index (Phi) is 3.33. The fraction of sp³-hybridized carbons (Fsp3) is 0.250. The van der Waals surface area contributed by atoms with E-state index in [1.165, 1.54) is 12.1 Å². The molecule has 4 nitrogen and oxygen atoms in total. The Morgan fingerprint density at radius 1 is 1.19 bits per heavy atom. The maximum absolute atomic E-state index is 13.4. The highest BCUT2D eigenvalue weighted by molar-refractivity contribution is 6.07. The molecule has 0 fully saturated rings. The van der Waals surface area contributed by atoms with Crippen molar-refractivity contribution in [3.63, 3.8) is 0 Å². The zero-order chi connectivity index (χ0) is 15.0. The van der Waals surface area contributed by atoms with Crippen LogP contribution in [-0.2, 0) is 0 Å². The molecule has 1 aliphatic heterocycles. The Hall–Kier alpha value is -2.43. The second-order valence-electron chi connectivity index (χ2n) is 5.18. The van der Waals surface area contributed by atoms with Gasteiger partial charge in [0.15, 0.2) is 0 Å². The van der Waals surface area contributed by atoms with Crippen molar-refractivity contribution in [2.75, 3.05) is 29.9 Å².